The molecule has 0 radical (unpaired) electrons. The largest absolute Gasteiger partial charge is 0.378 e. The van der Waals surface area contributed by atoms with E-state index in [0.29, 0.717) is 61.6 Å². The van der Waals surface area contributed by atoms with Crippen LogP contribution in [0.1, 0.15) is 40.5 Å². The molecule has 180 valence electrons. The molecular weight excluding hydrogens is 446 g/mol. The van der Waals surface area contributed by atoms with Gasteiger partial charge in [0.05, 0.1) is 30.7 Å². The van der Waals surface area contributed by atoms with Gasteiger partial charge >= 0.3 is 0 Å². The number of carbonyl (C=O) groups excluding carboxylic acids is 4. The van der Waals surface area contributed by atoms with E-state index in [4.69, 9.17) is 4.74 Å². The molecule has 3 aliphatic rings. The lowest BCUT2D eigenvalue weighted by molar-refractivity contribution is -0.122. The number of nitrogens with one attached hydrogen (secondary N) is 1. The standard InChI is InChI=1S/C27H27N3O5/c1-17-8-9-22-23(14-17)27(34)30(26(22)33)21-7-3-4-18(16-21)24(31)28-20-6-2-5-19(15-20)25(32)29-10-12-35-13-11-29/h2-8,15-16,22-23H,9-14H2,1H3,(H,28,31)/t22-,23-/m0/s1. The van der Waals surface area contributed by atoms with Gasteiger partial charge in [-0.15, -0.1) is 0 Å². The molecule has 1 N–H and O–H groups in total. The van der Waals surface area contributed by atoms with E-state index in [1.165, 1.54) is 4.90 Å². The lowest BCUT2D eigenvalue weighted by atomic mass is 9.82. The Labute approximate surface area is 203 Å². The topological polar surface area (TPSA) is 96.0 Å². The second-order valence-electron chi connectivity index (χ2n) is 9.21. The van der Waals surface area contributed by atoms with E-state index in [1.54, 1.807) is 53.4 Å². The van der Waals surface area contributed by atoms with Crippen LogP contribution in [-0.2, 0) is 14.3 Å². The maximum absolute atomic E-state index is 13.0. The van der Waals surface area contributed by atoms with Crippen molar-refractivity contribution in [3.05, 3.63) is 71.3 Å². The number of nitrogens with zero attached hydrogens (tertiary/aromatic N) is 2. The van der Waals surface area contributed by atoms with Crippen molar-refractivity contribution in [1.82, 2.24) is 4.90 Å². The van der Waals surface area contributed by atoms with Crippen molar-refractivity contribution in [1.29, 1.82) is 0 Å². The number of imide groups is 1. The molecule has 2 saturated heterocycles. The first-order chi connectivity index (χ1) is 16.9. The van der Waals surface area contributed by atoms with Gasteiger partial charge in [-0.2, -0.15) is 0 Å². The van der Waals surface area contributed by atoms with Crippen LogP contribution in [0.4, 0.5) is 11.4 Å². The van der Waals surface area contributed by atoms with Gasteiger partial charge in [0.1, 0.15) is 0 Å². The van der Waals surface area contributed by atoms with Crippen molar-refractivity contribution >= 4 is 35.0 Å². The maximum Gasteiger partial charge on any atom is 0.255 e. The van der Waals surface area contributed by atoms with E-state index >= 15 is 0 Å². The van der Waals surface area contributed by atoms with Gasteiger partial charge in [0.2, 0.25) is 11.8 Å². The number of hydrogen-bond donors (Lipinski definition) is 1. The zero-order chi connectivity index (χ0) is 24.5. The van der Waals surface area contributed by atoms with Gasteiger partial charge in [0.25, 0.3) is 11.8 Å². The third kappa shape index (κ3) is 4.49. The fourth-order valence-electron chi connectivity index (χ4n) is 4.96. The predicted octanol–water partition coefficient (Wildman–Crippen LogP) is 3.26. The molecule has 0 aromatic heterocycles. The van der Waals surface area contributed by atoms with Crippen LogP contribution < -0.4 is 10.2 Å². The van der Waals surface area contributed by atoms with E-state index in [0.717, 1.165) is 5.57 Å². The summed E-state index contributed by atoms with van der Waals surface area (Å²) in [5.74, 6) is -1.59. The van der Waals surface area contributed by atoms with Gasteiger partial charge in [0, 0.05) is 29.9 Å². The molecule has 5 rings (SSSR count). The first-order valence-corrected chi connectivity index (χ1v) is 11.8. The molecule has 1 aliphatic carbocycles. The van der Waals surface area contributed by atoms with Crippen molar-refractivity contribution in [2.75, 3.05) is 36.5 Å². The summed E-state index contributed by atoms with van der Waals surface area (Å²) in [5.41, 5.74) is 2.81. The normalized spacial score (nSPS) is 22.0. The van der Waals surface area contributed by atoms with Crippen LogP contribution >= 0.6 is 0 Å². The van der Waals surface area contributed by atoms with Crippen molar-refractivity contribution in [3.8, 4) is 0 Å². The molecule has 0 bridgehead atoms. The molecule has 4 amide bonds. The Morgan fingerprint density at radius 3 is 2.46 bits per heavy atom. The Morgan fingerprint density at radius 1 is 0.943 bits per heavy atom. The van der Waals surface area contributed by atoms with Crippen LogP contribution in [0.2, 0.25) is 0 Å². The maximum atomic E-state index is 13.0. The fourth-order valence-corrected chi connectivity index (χ4v) is 4.96. The molecule has 2 heterocycles. The number of morpholine rings is 1. The van der Waals surface area contributed by atoms with E-state index in [9.17, 15) is 19.2 Å². The summed E-state index contributed by atoms with van der Waals surface area (Å²) in [7, 11) is 0. The summed E-state index contributed by atoms with van der Waals surface area (Å²) in [6, 6.07) is 13.3. The summed E-state index contributed by atoms with van der Waals surface area (Å²) in [5, 5.41) is 2.82. The average Bonchev–Trinajstić information content (AvgIpc) is 3.13. The number of benzene rings is 2. The highest BCUT2D eigenvalue weighted by Gasteiger charge is 2.48. The summed E-state index contributed by atoms with van der Waals surface area (Å²) in [6.07, 6.45) is 3.18. The zero-order valence-electron chi connectivity index (χ0n) is 19.5. The summed E-state index contributed by atoms with van der Waals surface area (Å²) < 4.78 is 5.30. The highest BCUT2D eigenvalue weighted by molar-refractivity contribution is 6.22. The van der Waals surface area contributed by atoms with Crippen molar-refractivity contribution in [2.45, 2.75) is 19.8 Å². The van der Waals surface area contributed by atoms with E-state index in [1.807, 2.05) is 13.0 Å². The van der Waals surface area contributed by atoms with Crippen molar-refractivity contribution < 1.29 is 23.9 Å². The second kappa shape index (κ2) is 9.46. The van der Waals surface area contributed by atoms with Crippen LogP contribution in [0.15, 0.2) is 60.2 Å². The summed E-state index contributed by atoms with van der Waals surface area (Å²) >= 11 is 0. The molecule has 2 aromatic carbocycles. The van der Waals surface area contributed by atoms with Crippen molar-refractivity contribution in [3.63, 3.8) is 0 Å². The van der Waals surface area contributed by atoms with Gasteiger partial charge in [-0.25, -0.2) is 0 Å². The van der Waals surface area contributed by atoms with Crippen LogP contribution in [0.25, 0.3) is 0 Å². The second-order valence-corrected chi connectivity index (χ2v) is 9.21. The fraction of sp³-hybridized carbons (Fsp3) is 0.333. The molecule has 2 atom stereocenters. The molecule has 2 aromatic rings. The first kappa shape index (κ1) is 23.0. The van der Waals surface area contributed by atoms with Gasteiger partial charge in [-0.1, -0.05) is 23.8 Å². The number of carbonyl (C=O) groups is 4. The number of ether oxygens (including phenoxy) is 1. The molecule has 2 aliphatic heterocycles. The number of rotatable bonds is 4. The number of fused-ring (bicyclic) bond motifs is 1. The predicted molar refractivity (Wildman–Crippen MR) is 130 cm³/mol. The van der Waals surface area contributed by atoms with Crippen LogP contribution in [-0.4, -0.2) is 54.8 Å². The number of allylic oxidation sites excluding steroid dienone is 2. The quantitative estimate of drug-likeness (QED) is 0.543. The SMILES string of the molecule is CC1=CC[C@@H]2C(=O)N(c3cccc(C(=O)Nc4cccc(C(=O)N5CCOCC5)c4)c3)C(=O)[C@H]2C1. The zero-order valence-corrected chi connectivity index (χ0v) is 19.5. The Morgan fingerprint density at radius 2 is 1.66 bits per heavy atom. The Hall–Kier alpha value is -3.78. The molecule has 35 heavy (non-hydrogen) atoms. The molecule has 0 saturated carbocycles. The van der Waals surface area contributed by atoms with Crippen LogP contribution in [0, 0.1) is 11.8 Å². The molecular formula is C27H27N3O5. The van der Waals surface area contributed by atoms with Gasteiger partial charge in [-0.3, -0.25) is 24.1 Å². The van der Waals surface area contributed by atoms with Gasteiger partial charge in [-0.05, 0) is 56.2 Å². The number of anilines is 2. The molecule has 0 unspecified atom stereocenters. The molecule has 8 nitrogen and oxygen atoms in total. The minimum absolute atomic E-state index is 0.108. The number of hydrogen-bond acceptors (Lipinski definition) is 5. The smallest absolute Gasteiger partial charge is 0.255 e. The average molecular weight is 474 g/mol. The third-order valence-corrected chi connectivity index (χ3v) is 6.86. The van der Waals surface area contributed by atoms with E-state index < -0.39 is 5.91 Å². The van der Waals surface area contributed by atoms with Crippen LogP contribution in [0.3, 0.4) is 0 Å². The third-order valence-electron chi connectivity index (χ3n) is 6.86. The highest BCUT2D eigenvalue weighted by atomic mass is 16.5. The minimum atomic E-state index is -0.392. The monoisotopic (exact) mass is 473 g/mol. The Kier molecular flexibility index (Phi) is 6.21. The number of amides is 4. The Balaban J connectivity index is 1.32. The first-order valence-electron chi connectivity index (χ1n) is 11.8. The van der Waals surface area contributed by atoms with E-state index in [-0.39, 0.29) is 29.6 Å². The molecule has 0 spiro atoms. The summed E-state index contributed by atoms with van der Waals surface area (Å²) in [6.45, 7) is 4.07. The van der Waals surface area contributed by atoms with Crippen molar-refractivity contribution in [2.24, 2.45) is 11.8 Å². The molecule has 2 fully saturated rings. The summed E-state index contributed by atoms with van der Waals surface area (Å²) in [4.78, 5) is 54.8. The van der Waals surface area contributed by atoms with Crippen LogP contribution in [0.5, 0.6) is 0 Å². The highest BCUT2D eigenvalue weighted by Crippen LogP contribution is 2.39. The van der Waals surface area contributed by atoms with Gasteiger partial charge < -0.3 is 15.0 Å². The minimum Gasteiger partial charge on any atom is -0.378 e. The van der Waals surface area contributed by atoms with Gasteiger partial charge in [0.15, 0.2) is 0 Å². The molecule has 8 heteroatoms. The Bertz CT molecular complexity index is 1230. The lowest BCUT2D eigenvalue weighted by Crippen LogP contribution is -2.40. The lowest BCUT2D eigenvalue weighted by Gasteiger charge is -2.27. The van der Waals surface area contributed by atoms with E-state index in [2.05, 4.69) is 5.32 Å².